The maximum Gasteiger partial charge on any atom is 0.446 e. The number of hydrogen-bond acceptors (Lipinski definition) is 7. The Hall–Kier alpha value is -2.00. The molecule has 9 heteroatoms. The van der Waals surface area contributed by atoms with Crippen LogP contribution in [0.4, 0.5) is 0 Å². The molecule has 2 N–H and O–H groups in total. The van der Waals surface area contributed by atoms with Crippen molar-refractivity contribution >= 4 is 16.4 Å². The summed E-state index contributed by atoms with van der Waals surface area (Å²) in [6.45, 7) is 0. The van der Waals surface area contributed by atoms with Gasteiger partial charge in [-0.15, -0.1) is 0 Å². The molecular weight excluding hydrogens is 268 g/mol. The van der Waals surface area contributed by atoms with Crippen molar-refractivity contribution in [2.24, 2.45) is 0 Å². The molecule has 8 nitrogen and oxygen atoms in total. The normalized spacial score (nSPS) is 10.8. The smallest absolute Gasteiger partial charge is 0.446 e. The number of benzene rings is 1. The number of carbonyl (C=O) groups excluding carboxylic acids is 1. The molecule has 0 saturated carbocycles. The van der Waals surface area contributed by atoms with Gasteiger partial charge in [-0.2, -0.15) is 8.42 Å². The Bertz CT molecular complexity index is 562. The summed E-state index contributed by atoms with van der Waals surface area (Å²) in [6, 6.07) is 2.00. The zero-order chi connectivity index (χ0) is 13.9. The molecule has 0 heterocycles. The van der Waals surface area contributed by atoms with Crippen LogP contribution in [0.15, 0.2) is 12.1 Å². The Kier molecular flexibility index (Phi) is 3.99. The zero-order valence-corrected chi connectivity index (χ0v) is 10.2. The molecular formula is C9H10O8S. The Morgan fingerprint density at radius 1 is 1.28 bits per heavy atom. The lowest BCUT2D eigenvalue weighted by atomic mass is 10.2. The third kappa shape index (κ3) is 3.25. The predicted octanol–water partition coefficient (Wildman–Crippen LogP) is 0.369. The van der Waals surface area contributed by atoms with Crippen molar-refractivity contribution in [2.45, 2.75) is 0 Å². The summed E-state index contributed by atoms with van der Waals surface area (Å²) < 4.78 is 43.0. The third-order valence-corrected chi connectivity index (χ3v) is 2.24. The predicted molar refractivity (Wildman–Crippen MR) is 58.2 cm³/mol. The number of carbonyl (C=O) groups is 1. The fraction of sp³-hybridized carbons (Fsp3) is 0.222. The van der Waals surface area contributed by atoms with E-state index in [0.717, 1.165) is 26.4 Å². The minimum Gasteiger partial charge on any atom is -0.504 e. The molecule has 0 radical (unpaired) electrons. The highest BCUT2D eigenvalue weighted by molar-refractivity contribution is 7.81. The summed E-state index contributed by atoms with van der Waals surface area (Å²) in [7, 11) is -2.53. The van der Waals surface area contributed by atoms with Gasteiger partial charge in [-0.3, -0.25) is 4.55 Å². The number of esters is 1. The first-order chi connectivity index (χ1) is 8.28. The van der Waals surface area contributed by atoms with Crippen LogP contribution in [-0.4, -0.2) is 38.3 Å². The summed E-state index contributed by atoms with van der Waals surface area (Å²) in [5.41, 5.74) is -0.0745. The van der Waals surface area contributed by atoms with Gasteiger partial charge in [0.1, 0.15) is 0 Å². The topological polar surface area (TPSA) is 119 Å². The molecule has 0 atom stereocenters. The van der Waals surface area contributed by atoms with E-state index in [0.29, 0.717) is 0 Å². The lowest BCUT2D eigenvalue weighted by Gasteiger charge is -2.10. The first-order valence-electron chi connectivity index (χ1n) is 4.44. The highest BCUT2D eigenvalue weighted by atomic mass is 32.3. The average Bonchev–Trinajstić information content (AvgIpc) is 2.28. The molecule has 0 bridgehead atoms. The highest BCUT2D eigenvalue weighted by Crippen LogP contribution is 2.38. The van der Waals surface area contributed by atoms with E-state index in [4.69, 9.17) is 9.29 Å². The summed E-state index contributed by atoms with van der Waals surface area (Å²) >= 11 is 0. The van der Waals surface area contributed by atoms with E-state index in [9.17, 15) is 18.3 Å². The third-order valence-electron chi connectivity index (χ3n) is 1.86. The fourth-order valence-corrected chi connectivity index (χ4v) is 1.54. The van der Waals surface area contributed by atoms with Gasteiger partial charge in [-0.25, -0.2) is 4.79 Å². The van der Waals surface area contributed by atoms with Gasteiger partial charge in [0.25, 0.3) is 0 Å². The zero-order valence-electron chi connectivity index (χ0n) is 9.41. The quantitative estimate of drug-likeness (QED) is 0.598. The minimum atomic E-state index is -4.83. The van der Waals surface area contributed by atoms with Crippen molar-refractivity contribution in [1.29, 1.82) is 0 Å². The van der Waals surface area contributed by atoms with Crippen LogP contribution in [0.1, 0.15) is 10.4 Å². The molecule has 0 amide bonds. The molecule has 0 saturated heterocycles. The van der Waals surface area contributed by atoms with Crippen LogP contribution < -0.4 is 8.92 Å². The van der Waals surface area contributed by atoms with Crippen LogP contribution in [0.2, 0.25) is 0 Å². The first kappa shape index (κ1) is 14.1. The minimum absolute atomic E-state index is 0.0745. The molecule has 0 aliphatic heterocycles. The number of ether oxygens (including phenoxy) is 2. The number of methoxy groups -OCH3 is 2. The van der Waals surface area contributed by atoms with Gasteiger partial charge in [0.15, 0.2) is 11.5 Å². The summed E-state index contributed by atoms with van der Waals surface area (Å²) in [6.07, 6.45) is 0. The molecule has 0 aliphatic carbocycles. The maximum absolute atomic E-state index is 11.2. The van der Waals surface area contributed by atoms with Crippen LogP contribution in [0, 0.1) is 0 Å². The Balaban J connectivity index is 3.33. The van der Waals surface area contributed by atoms with E-state index in [2.05, 4.69) is 8.92 Å². The number of aromatic hydroxyl groups is 1. The Morgan fingerprint density at radius 2 is 1.89 bits per heavy atom. The molecule has 18 heavy (non-hydrogen) atoms. The highest BCUT2D eigenvalue weighted by Gasteiger charge is 2.20. The van der Waals surface area contributed by atoms with E-state index < -0.39 is 27.9 Å². The van der Waals surface area contributed by atoms with Crippen LogP contribution in [-0.2, 0) is 15.1 Å². The molecule has 0 unspecified atom stereocenters. The van der Waals surface area contributed by atoms with E-state index in [1.165, 1.54) is 0 Å². The van der Waals surface area contributed by atoms with Gasteiger partial charge in [-0.05, 0) is 12.1 Å². The molecule has 100 valence electrons. The second-order valence-electron chi connectivity index (χ2n) is 3.03. The number of phenols is 1. The summed E-state index contributed by atoms with van der Waals surface area (Å²) in [4.78, 5) is 11.2. The number of hydrogen-bond donors (Lipinski definition) is 2. The van der Waals surface area contributed by atoms with Crippen LogP contribution in [0.25, 0.3) is 0 Å². The summed E-state index contributed by atoms with van der Waals surface area (Å²) in [5, 5.41) is 9.52. The lowest BCUT2D eigenvalue weighted by Crippen LogP contribution is -2.09. The second kappa shape index (κ2) is 5.10. The molecule has 1 aromatic rings. The molecule has 0 aromatic heterocycles. The summed E-state index contributed by atoms with van der Waals surface area (Å²) in [5.74, 6) is -2.35. The van der Waals surface area contributed by atoms with Crippen molar-refractivity contribution in [2.75, 3.05) is 14.2 Å². The van der Waals surface area contributed by atoms with E-state index in [1.807, 2.05) is 0 Å². The monoisotopic (exact) mass is 278 g/mol. The standard InChI is InChI=1S/C9H10O8S/c1-15-7-4-5(9(11)16-2)3-6(10)8(7)17-18(12,13)14/h3-4,10H,1-2H3,(H,12,13,14). The Morgan fingerprint density at radius 3 is 2.33 bits per heavy atom. The van der Waals surface area contributed by atoms with E-state index in [1.54, 1.807) is 0 Å². The first-order valence-corrected chi connectivity index (χ1v) is 5.81. The average molecular weight is 278 g/mol. The van der Waals surface area contributed by atoms with Crippen LogP contribution in [0.3, 0.4) is 0 Å². The van der Waals surface area contributed by atoms with E-state index >= 15 is 0 Å². The van der Waals surface area contributed by atoms with Crippen molar-refractivity contribution in [3.8, 4) is 17.2 Å². The van der Waals surface area contributed by atoms with Crippen molar-refractivity contribution < 1.29 is 36.5 Å². The lowest BCUT2D eigenvalue weighted by molar-refractivity contribution is 0.0600. The van der Waals surface area contributed by atoms with Gasteiger partial charge in [0.2, 0.25) is 5.75 Å². The van der Waals surface area contributed by atoms with Gasteiger partial charge in [0, 0.05) is 0 Å². The van der Waals surface area contributed by atoms with Crippen molar-refractivity contribution in [1.82, 2.24) is 0 Å². The fourth-order valence-electron chi connectivity index (χ4n) is 1.16. The van der Waals surface area contributed by atoms with Crippen LogP contribution >= 0.6 is 0 Å². The molecule has 0 fully saturated rings. The number of rotatable bonds is 4. The van der Waals surface area contributed by atoms with Gasteiger partial charge in [0.05, 0.1) is 19.8 Å². The molecule has 1 aromatic carbocycles. The SMILES string of the molecule is COC(=O)c1cc(O)c(OS(=O)(=O)O)c(OC)c1. The van der Waals surface area contributed by atoms with Crippen molar-refractivity contribution in [3.05, 3.63) is 17.7 Å². The largest absolute Gasteiger partial charge is 0.504 e. The van der Waals surface area contributed by atoms with Crippen LogP contribution in [0.5, 0.6) is 17.2 Å². The van der Waals surface area contributed by atoms with Gasteiger partial charge >= 0.3 is 16.4 Å². The Labute approximate surface area is 103 Å². The molecule has 0 spiro atoms. The van der Waals surface area contributed by atoms with Crippen molar-refractivity contribution in [3.63, 3.8) is 0 Å². The molecule has 1 rings (SSSR count). The van der Waals surface area contributed by atoms with E-state index in [-0.39, 0.29) is 11.3 Å². The maximum atomic E-state index is 11.2. The van der Waals surface area contributed by atoms with Gasteiger partial charge < -0.3 is 18.8 Å². The second-order valence-corrected chi connectivity index (χ2v) is 4.05. The number of phenolic OH excluding ortho intramolecular Hbond substituents is 1. The van der Waals surface area contributed by atoms with Gasteiger partial charge in [-0.1, -0.05) is 0 Å². The molecule has 0 aliphatic rings.